The standard InChI is InChI=1S/C20H24N2O4/c1-14(2)25-17-5-3-15(4-6-17)16-7-10-21-19(13-16)22-20(23)26-18-8-11-24-12-9-18/h3-7,10,13-14,18H,8-9,11-12H2,1-2H3,(H,21,22,23). The third-order valence-electron chi connectivity index (χ3n) is 3.99. The maximum absolute atomic E-state index is 12.0. The van der Waals surface area contributed by atoms with Crippen molar-refractivity contribution < 1.29 is 19.0 Å². The predicted molar refractivity (Wildman–Crippen MR) is 99.4 cm³/mol. The van der Waals surface area contributed by atoms with E-state index in [0.29, 0.717) is 19.0 Å². The Balaban J connectivity index is 1.63. The molecule has 0 saturated carbocycles. The highest BCUT2D eigenvalue weighted by atomic mass is 16.6. The Bertz CT molecular complexity index is 725. The van der Waals surface area contributed by atoms with Gasteiger partial charge in [-0.15, -0.1) is 0 Å². The van der Waals surface area contributed by atoms with Gasteiger partial charge >= 0.3 is 6.09 Å². The Morgan fingerprint density at radius 2 is 1.88 bits per heavy atom. The van der Waals surface area contributed by atoms with Gasteiger partial charge in [-0.2, -0.15) is 0 Å². The van der Waals surface area contributed by atoms with Gasteiger partial charge < -0.3 is 14.2 Å². The molecule has 6 heteroatoms. The molecular formula is C20H24N2O4. The molecule has 0 atom stereocenters. The zero-order valence-corrected chi connectivity index (χ0v) is 15.1. The van der Waals surface area contributed by atoms with Crippen molar-refractivity contribution in [2.24, 2.45) is 0 Å². The van der Waals surface area contributed by atoms with Crippen LogP contribution >= 0.6 is 0 Å². The van der Waals surface area contributed by atoms with Crippen molar-refractivity contribution in [1.29, 1.82) is 0 Å². The molecule has 0 radical (unpaired) electrons. The molecule has 1 aromatic heterocycles. The van der Waals surface area contributed by atoms with Crippen LogP contribution in [0.4, 0.5) is 10.6 Å². The van der Waals surface area contributed by atoms with Crippen LogP contribution in [0.15, 0.2) is 42.6 Å². The van der Waals surface area contributed by atoms with E-state index in [1.54, 1.807) is 6.20 Å². The number of nitrogens with zero attached hydrogens (tertiary/aromatic N) is 1. The Morgan fingerprint density at radius 3 is 2.58 bits per heavy atom. The number of hydrogen-bond acceptors (Lipinski definition) is 5. The van der Waals surface area contributed by atoms with Gasteiger partial charge in [-0.3, -0.25) is 5.32 Å². The predicted octanol–water partition coefficient (Wildman–Crippen LogP) is 4.26. The van der Waals surface area contributed by atoms with E-state index in [1.165, 1.54) is 0 Å². The van der Waals surface area contributed by atoms with Gasteiger partial charge in [-0.05, 0) is 49.2 Å². The van der Waals surface area contributed by atoms with E-state index in [-0.39, 0.29) is 12.2 Å². The van der Waals surface area contributed by atoms with Gasteiger partial charge in [0.05, 0.1) is 19.3 Å². The number of anilines is 1. The fourth-order valence-electron chi connectivity index (χ4n) is 2.76. The van der Waals surface area contributed by atoms with Gasteiger partial charge in [0.1, 0.15) is 17.7 Å². The van der Waals surface area contributed by atoms with E-state index in [9.17, 15) is 4.79 Å². The van der Waals surface area contributed by atoms with Gasteiger partial charge in [0.15, 0.2) is 0 Å². The molecule has 0 unspecified atom stereocenters. The maximum atomic E-state index is 12.0. The summed E-state index contributed by atoms with van der Waals surface area (Å²) in [6.07, 6.45) is 2.68. The fraction of sp³-hybridized carbons (Fsp3) is 0.400. The van der Waals surface area contributed by atoms with Crippen LogP contribution in [0.2, 0.25) is 0 Å². The summed E-state index contributed by atoms with van der Waals surface area (Å²) in [5, 5.41) is 2.70. The first kappa shape index (κ1) is 18.2. The molecule has 3 rings (SSSR count). The molecule has 0 spiro atoms. The highest BCUT2D eigenvalue weighted by Crippen LogP contribution is 2.24. The van der Waals surface area contributed by atoms with Crippen LogP contribution < -0.4 is 10.1 Å². The zero-order chi connectivity index (χ0) is 18.4. The molecule has 1 saturated heterocycles. The lowest BCUT2D eigenvalue weighted by Gasteiger charge is -2.22. The molecule has 0 aliphatic carbocycles. The van der Waals surface area contributed by atoms with Crippen LogP contribution in [-0.4, -0.2) is 36.5 Å². The minimum atomic E-state index is -0.484. The summed E-state index contributed by atoms with van der Waals surface area (Å²) < 4.78 is 16.3. The molecule has 1 fully saturated rings. The van der Waals surface area contributed by atoms with Gasteiger partial charge in [0.25, 0.3) is 0 Å². The Labute approximate surface area is 153 Å². The SMILES string of the molecule is CC(C)Oc1ccc(-c2ccnc(NC(=O)OC3CCOCC3)c2)cc1. The fourth-order valence-corrected chi connectivity index (χ4v) is 2.76. The van der Waals surface area contributed by atoms with Crippen LogP contribution in [0.3, 0.4) is 0 Å². The van der Waals surface area contributed by atoms with Gasteiger partial charge in [-0.25, -0.2) is 9.78 Å². The molecule has 1 aliphatic heterocycles. The molecule has 138 valence electrons. The monoisotopic (exact) mass is 356 g/mol. The topological polar surface area (TPSA) is 69.7 Å². The first-order valence-electron chi connectivity index (χ1n) is 8.88. The minimum Gasteiger partial charge on any atom is -0.491 e. The first-order chi connectivity index (χ1) is 12.6. The molecule has 0 bridgehead atoms. The number of amides is 1. The van der Waals surface area contributed by atoms with E-state index in [2.05, 4.69) is 10.3 Å². The van der Waals surface area contributed by atoms with Gasteiger partial charge in [-0.1, -0.05) is 12.1 Å². The summed E-state index contributed by atoms with van der Waals surface area (Å²) >= 11 is 0. The van der Waals surface area contributed by atoms with E-state index in [0.717, 1.165) is 29.7 Å². The van der Waals surface area contributed by atoms with Crippen LogP contribution in [0.1, 0.15) is 26.7 Å². The molecular weight excluding hydrogens is 332 g/mol. The summed E-state index contributed by atoms with van der Waals surface area (Å²) in [5.41, 5.74) is 1.97. The molecule has 2 aromatic rings. The number of carbonyl (C=O) groups excluding carboxylic acids is 1. The van der Waals surface area contributed by atoms with Gasteiger partial charge in [0.2, 0.25) is 0 Å². The van der Waals surface area contributed by atoms with Crippen molar-refractivity contribution in [3.8, 4) is 16.9 Å². The highest BCUT2D eigenvalue weighted by molar-refractivity contribution is 5.84. The number of carbonyl (C=O) groups is 1. The Hall–Kier alpha value is -2.60. The summed E-state index contributed by atoms with van der Waals surface area (Å²) in [6, 6.07) is 11.6. The van der Waals surface area contributed by atoms with Crippen molar-refractivity contribution in [1.82, 2.24) is 4.98 Å². The first-order valence-corrected chi connectivity index (χ1v) is 8.88. The third-order valence-corrected chi connectivity index (χ3v) is 3.99. The quantitative estimate of drug-likeness (QED) is 0.867. The van der Waals surface area contributed by atoms with Crippen molar-refractivity contribution in [3.63, 3.8) is 0 Å². The molecule has 26 heavy (non-hydrogen) atoms. The summed E-state index contributed by atoms with van der Waals surface area (Å²) in [6.45, 7) is 5.24. The van der Waals surface area contributed by atoms with Crippen LogP contribution in [0.5, 0.6) is 5.75 Å². The second kappa shape index (κ2) is 8.67. The lowest BCUT2D eigenvalue weighted by Crippen LogP contribution is -2.28. The zero-order valence-electron chi connectivity index (χ0n) is 15.1. The Morgan fingerprint density at radius 1 is 1.15 bits per heavy atom. The van der Waals surface area contributed by atoms with Crippen molar-refractivity contribution in [2.75, 3.05) is 18.5 Å². The van der Waals surface area contributed by atoms with Gasteiger partial charge in [0, 0.05) is 19.0 Å². The lowest BCUT2D eigenvalue weighted by molar-refractivity contribution is 0.00590. The second-order valence-corrected chi connectivity index (χ2v) is 6.46. The largest absolute Gasteiger partial charge is 0.491 e. The smallest absolute Gasteiger partial charge is 0.413 e. The molecule has 1 aromatic carbocycles. The molecule has 1 amide bonds. The third kappa shape index (κ3) is 5.20. The molecule has 1 aliphatic rings. The van der Waals surface area contributed by atoms with Crippen molar-refractivity contribution in [2.45, 2.75) is 38.9 Å². The number of aromatic nitrogens is 1. The second-order valence-electron chi connectivity index (χ2n) is 6.46. The van der Waals surface area contributed by atoms with Crippen LogP contribution in [-0.2, 0) is 9.47 Å². The van der Waals surface area contributed by atoms with E-state index < -0.39 is 6.09 Å². The highest BCUT2D eigenvalue weighted by Gasteiger charge is 2.18. The van der Waals surface area contributed by atoms with E-state index >= 15 is 0 Å². The number of hydrogen-bond donors (Lipinski definition) is 1. The number of nitrogens with one attached hydrogen (secondary N) is 1. The van der Waals surface area contributed by atoms with Crippen LogP contribution in [0.25, 0.3) is 11.1 Å². The van der Waals surface area contributed by atoms with Crippen molar-refractivity contribution in [3.05, 3.63) is 42.6 Å². The molecule has 2 heterocycles. The number of pyridine rings is 1. The minimum absolute atomic E-state index is 0.0968. The van der Waals surface area contributed by atoms with Crippen molar-refractivity contribution >= 4 is 11.9 Å². The number of rotatable bonds is 5. The van der Waals surface area contributed by atoms with Crippen LogP contribution in [0, 0.1) is 0 Å². The summed E-state index contributed by atoms with van der Waals surface area (Å²) in [7, 11) is 0. The van der Waals surface area contributed by atoms with E-state index in [1.807, 2.05) is 50.2 Å². The Kier molecular flexibility index (Phi) is 6.07. The average molecular weight is 356 g/mol. The normalized spacial score (nSPS) is 14.9. The van der Waals surface area contributed by atoms with E-state index in [4.69, 9.17) is 14.2 Å². The number of benzene rings is 1. The summed E-state index contributed by atoms with van der Waals surface area (Å²) in [4.78, 5) is 16.2. The summed E-state index contributed by atoms with van der Waals surface area (Å²) in [5.74, 6) is 1.29. The molecule has 6 nitrogen and oxygen atoms in total. The number of ether oxygens (including phenoxy) is 3. The molecule has 1 N–H and O–H groups in total. The lowest BCUT2D eigenvalue weighted by atomic mass is 10.1. The maximum Gasteiger partial charge on any atom is 0.413 e. The average Bonchev–Trinajstić information content (AvgIpc) is 2.63.